The molecule has 0 radical (unpaired) electrons. The molecule has 1 aromatic heterocycles. The summed E-state index contributed by atoms with van der Waals surface area (Å²) in [5, 5.41) is 8.07. The van der Waals surface area contributed by atoms with Crippen LogP contribution in [0.4, 0.5) is 0 Å². The van der Waals surface area contributed by atoms with Crippen molar-refractivity contribution in [3.63, 3.8) is 0 Å². The van der Waals surface area contributed by atoms with E-state index in [9.17, 15) is 4.79 Å². The molecule has 1 aromatic carbocycles. The number of halogens is 1. The van der Waals surface area contributed by atoms with Crippen molar-refractivity contribution in [2.75, 3.05) is 6.54 Å². The highest BCUT2D eigenvalue weighted by Gasteiger charge is 2.17. The molecule has 3 N–H and O–H groups in total. The lowest BCUT2D eigenvalue weighted by Crippen LogP contribution is -2.40. The number of carbonyl (C=O) groups is 1. The van der Waals surface area contributed by atoms with Crippen LogP contribution in [0, 0.1) is 6.92 Å². The minimum atomic E-state index is -0.130. The van der Waals surface area contributed by atoms with Crippen molar-refractivity contribution in [3.05, 3.63) is 46.7 Å². The molecule has 1 unspecified atom stereocenters. The van der Waals surface area contributed by atoms with E-state index in [1.165, 1.54) is 0 Å². The first-order valence-corrected chi connectivity index (χ1v) is 8.26. The van der Waals surface area contributed by atoms with E-state index in [0.29, 0.717) is 22.8 Å². The number of amides is 1. The van der Waals surface area contributed by atoms with Gasteiger partial charge >= 0.3 is 0 Å². The van der Waals surface area contributed by atoms with Crippen LogP contribution in [0.5, 0.6) is 0 Å². The number of nitrogens with two attached hydrogens (primary N) is 1. The molecule has 23 heavy (non-hydrogen) atoms. The number of aromatic nitrogens is 2. The van der Waals surface area contributed by atoms with Crippen molar-refractivity contribution < 1.29 is 4.79 Å². The van der Waals surface area contributed by atoms with Gasteiger partial charge in [-0.3, -0.25) is 4.79 Å². The van der Waals surface area contributed by atoms with E-state index in [-0.39, 0.29) is 11.9 Å². The zero-order chi connectivity index (χ0) is 16.8. The van der Waals surface area contributed by atoms with Crippen LogP contribution < -0.4 is 11.1 Å². The molecule has 1 heterocycles. The Hall–Kier alpha value is -1.85. The fraction of sp³-hybridized carbons (Fsp3) is 0.412. The Labute approximate surface area is 141 Å². The molecular weight excluding hydrogens is 312 g/mol. The fourth-order valence-electron chi connectivity index (χ4n) is 2.37. The standard InChI is InChI=1S/C17H23ClN4O/c1-3-4-5-14(10-19)20-17(23)16-11-22(21-12(16)2)15-8-6-13(18)7-9-15/h6-9,11,14H,3-5,10,19H2,1-2H3,(H,20,23). The molecule has 2 rings (SSSR count). The van der Waals surface area contributed by atoms with Gasteiger partial charge in [-0.25, -0.2) is 4.68 Å². The third kappa shape index (κ3) is 4.56. The van der Waals surface area contributed by atoms with Crippen LogP contribution in [0.2, 0.25) is 5.02 Å². The van der Waals surface area contributed by atoms with Crippen LogP contribution in [-0.2, 0) is 0 Å². The highest BCUT2D eigenvalue weighted by atomic mass is 35.5. The van der Waals surface area contributed by atoms with Gasteiger partial charge in [0.05, 0.1) is 16.9 Å². The summed E-state index contributed by atoms with van der Waals surface area (Å²) < 4.78 is 1.68. The van der Waals surface area contributed by atoms with Crippen LogP contribution in [0.3, 0.4) is 0 Å². The first kappa shape index (κ1) is 17.5. The van der Waals surface area contributed by atoms with Crippen molar-refractivity contribution in [1.82, 2.24) is 15.1 Å². The van der Waals surface area contributed by atoms with Crippen molar-refractivity contribution in [1.29, 1.82) is 0 Å². The van der Waals surface area contributed by atoms with E-state index in [2.05, 4.69) is 17.3 Å². The highest BCUT2D eigenvalue weighted by Crippen LogP contribution is 2.15. The summed E-state index contributed by atoms with van der Waals surface area (Å²) in [7, 11) is 0. The number of nitrogens with one attached hydrogen (secondary N) is 1. The SMILES string of the molecule is CCCCC(CN)NC(=O)c1cn(-c2ccc(Cl)cc2)nc1C. The second-order valence-corrected chi connectivity index (χ2v) is 6.03. The van der Waals surface area contributed by atoms with Crippen molar-refractivity contribution >= 4 is 17.5 Å². The Kier molecular flexibility index (Phi) is 6.19. The predicted octanol–water partition coefficient (Wildman–Crippen LogP) is 3.08. The summed E-state index contributed by atoms with van der Waals surface area (Å²) in [6.07, 6.45) is 4.76. The molecule has 0 fully saturated rings. The van der Waals surface area contributed by atoms with Crippen molar-refractivity contribution in [3.8, 4) is 5.69 Å². The van der Waals surface area contributed by atoms with Crippen molar-refractivity contribution in [2.45, 2.75) is 39.2 Å². The number of hydrogen-bond donors (Lipinski definition) is 2. The molecule has 0 aliphatic rings. The van der Waals surface area contributed by atoms with Gasteiger partial charge in [0.2, 0.25) is 0 Å². The molecule has 0 aliphatic carbocycles. The topological polar surface area (TPSA) is 72.9 Å². The summed E-state index contributed by atoms with van der Waals surface area (Å²) in [5.41, 5.74) is 7.85. The summed E-state index contributed by atoms with van der Waals surface area (Å²) in [6.45, 7) is 4.39. The number of nitrogens with zero attached hydrogens (tertiary/aromatic N) is 2. The minimum Gasteiger partial charge on any atom is -0.348 e. The first-order chi connectivity index (χ1) is 11.0. The zero-order valence-electron chi connectivity index (χ0n) is 13.6. The maximum Gasteiger partial charge on any atom is 0.255 e. The number of hydrogen-bond acceptors (Lipinski definition) is 3. The average Bonchev–Trinajstić information content (AvgIpc) is 2.94. The van der Waals surface area contributed by atoms with Gasteiger partial charge in [-0.1, -0.05) is 31.4 Å². The molecule has 0 saturated carbocycles. The molecule has 5 nitrogen and oxygen atoms in total. The van der Waals surface area contributed by atoms with E-state index in [1.807, 2.05) is 19.1 Å². The Balaban J connectivity index is 2.13. The Morgan fingerprint density at radius 1 is 1.39 bits per heavy atom. The smallest absolute Gasteiger partial charge is 0.255 e. The van der Waals surface area contributed by atoms with Crippen LogP contribution in [0.15, 0.2) is 30.5 Å². The molecule has 0 spiro atoms. The largest absolute Gasteiger partial charge is 0.348 e. The lowest BCUT2D eigenvalue weighted by atomic mass is 10.1. The third-order valence-corrected chi connectivity index (χ3v) is 4.01. The molecule has 1 amide bonds. The van der Waals surface area contributed by atoms with Gasteiger partial charge in [-0.05, 0) is 37.6 Å². The zero-order valence-corrected chi connectivity index (χ0v) is 14.3. The number of rotatable bonds is 7. The monoisotopic (exact) mass is 334 g/mol. The Morgan fingerprint density at radius 2 is 2.09 bits per heavy atom. The summed E-state index contributed by atoms with van der Waals surface area (Å²) in [5.74, 6) is -0.130. The lowest BCUT2D eigenvalue weighted by molar-refractivity contribution is 0.0935. The van der Waals surface area contributed by atoms with Crippen LogP contribution in [-0.4, -0.2) is 28.3 Å². The Bertz CT molecular complexity index is 651. The van der Waals surface area contributed by atoms with Gasteiger partial charge in [0.1, 0.15) is 0 Å². The van der Waals surface area contributed by atoms with Gasteiger partial charge in [0.25, 0.3) is 5.91 Å². The highest BCUT2D eigenvalue weighted by molar-refractivity contribution is 6.30. The van der Waals surface area contributed by atoms with Crippen LogP contribution in [0.1, 0.15) is 42.2 Å². The predicted molar refractivity (Wildman–Crippen MR) is 93.1 cm³/mol. The van der Waals surface area contributed by atoms with Gasteiger partial charge in [-0.2, -0.15) is 5.10 Å². The molecule has 1 atom stereocenters. The van der Waals surface area contributed by atoms with Crippen LogP contribution >= 0.6 is 11.6 Å². The summed E-state index contributed by atoms with van der Waals surface area (Å²) in [4.78, 5) is 12.5. The first-order valence-electron chi connectivity index (χ1n) is 7.88. The number of benzene rings is 1. The van der Waals surface area contributed by atoms with Gasteiger partial charge in [0, 0.05) is 23.8 Å². The second kappa shape index (κ2) is 8.13. The maximum atomic E-state index is 12.5. The average molecular weight is 335 g/mol. The number of aryl methyl sites for hydroxylation is 1. The normalized spacial score (nSPS) is 12.2. The molecule has 0 saturated heterocycles. The molecule has 0 bridgehead atoms. The summed E-state index contributed by atoms with van der Waals surface area (Å²) >= 11 is 5.90. The lowest BCUT2D eigenvalue weighted by Gasteiger charge is -2.16. The quantitative estimate of drug-likeness (QED) is 0.817. The molecule has 0 aliphatic heterocycles. The molecular formula is C17H23ClN4O. The van der Waals surface area contributed by atoms with E-state index >= 15 is 0 Å². The molecule has 2 aromatic rings. The van der Waals surface area contributed by atoms with E-state index < -0.39 is 0 Å². The summed E-state index contributed by atoms with van der Waals surface area (Å²) in [6, 6.07) is 7.31. The third-order valence-electron chi connectivity index (χ3n) is 3.76. The maximum absolute atomic E-state index is 12.5. The van der Waals surface area contributed by atoms with Gasteiger partial charge in [-0.15, -0.1) is 0 Å². The molecule has 6 heteroatoms. The van der Waals surface area contributed by atoms with Gasteiger partial charge < -0.3 is 11.1 Å². The number of unbranched alkanes of at least 4 members (excludes halogenated alkanes) is 1. The van der Waals surface area contributed by atoms with E-state index in [0.717, 1.165) is 24.9 Å². The Morgan fingerprint density at radius 3 is 2.70 bits per heavy atom. The van der Waals surface area contributed by atoms with E-state index in [4.69, 9.17) is 17.3 Å². The van der Waals surface area contributed by atoms with Crippen molar-refractivity contribution in [2.24, 2.45) is 5.73 Å². The number of carbonyl (C=O) groups excluding carboxylic acids is 1. The van der Waals surface area contributed by atoms with Crippen LogP contribution in [0.25, 0.3) is 5.69 Å². The van der Waals surface area contributed by atoms with E-state index in [1.54, 1.807) is 23.0 Å². The fourth-order valence-corrected chi connectivity index (χ4v) is 2.50. The molecule has 124 valence electrons. The van der Waals surface area contributed by atoms with Gasteiger partial charge in [0.15, 0.2) is 0 Å². The second-order valence-electron chi connectivity index (χ2n) is 5.60. The minimum absolute atomic E-state index is 0.000678.